The molecule has 0 bridgehead atoms. The third-order valence-electron chi connectivity index (χ3n) is 3.51. The molecule has 4 heteroatoms. The summed E-state index contributed by atoms with van der Waals surface area (Å²) < 4.78 is 5.55. The SMILES string of the molecule is CC(=O)Nc1ccc(C(=O)C2COc3ccccc32)cc1. The quantitative estimate of drug-likeness (QED) is 0.880. The van der Waals surface area contributed by atoms with Crippen molar-refractivity contribution in [3.8, 4) is 5.75 Å². The second kappa shape index (κ2) is 5.40. The molecule has 4 nitrogen and oxygen atoms in total. The minimum atomic E-state index is -0.257. The van der Waals surface area contributed by atoms with Crippen LogP contribution in [0.15, 0.2) is 48.5 Å². The van der Waals surface area contributed by atoms with Crippen molar-refractivity contribution in [3.05, 3.63) is 59.7 Å². The highest BCUT2D eigenvalue weighted by Gasteiger charge is 2.30. The van der Waals surface area contributed by atoms with Crippen molar-refractivity contribution in [2.24, 2.45) is 0 Å². The maximum Gasteiger partial charge on any atom is 0.221 e. The summed E-state index contributed by atoms with van der Waals surface area (Å²) in [4.78, 5) is 23.6. The van der Waals surface area contributed by atoms with Gasteiger partial charge in [-0.1, -0.05) is 18.2 Å². The molecular weight excluding hydrogens is 266 g/mol. The highest BCUT2D eigenvalue weighted by Crippen LogP contribution is 2.35. The molecule has 0 aromatic heterocycles. The molecule has 1 N–H and O–H groups in total. The van der Waals surface area contributed by atoms with Crippen molar-refractivity contribution in [2.45, 2.75) is 12.8 Å². The van der Waals surface area contributed by atoms with Crippen LogP contribution in [-0.4, -0.2) is 18.3 Å². The number of amides is 1. The van der Waals surface area contributed by atoms with Crippen LogP contribution in [-0.2, 0) is 4.79 Å². The third-order valence-corrected chi connectivity index (χ3v) is 3.51. The van der Waals surface area contributed by atoms with Gasteiger partial charge in [-0.15, -0.1) is 0 Å². The number of para-hydroxylation sites is 1. The Labute approximate surface area is 122 Å². The van der Waals surface area contributed by atoms with Gasteiger partial charge in [-0.2, -0.15) is 0 Å². The van der Waals surface area contributed by atoms with Gasteiger partial charge in [-0.05, 0) is 30.3 Å². The van der Waals surface area contributed by atoms with Crippen molar-refractivity contribution in [3.63, 3.8) is 0 Å². The number of hydrogen-bond acceptors (Lipinski definition) is 3. The van der Waals surface area contributed by atoms with Crippen LogP contribution in [0.2, 0.25) is 0 Å². The number of Topliss-reactive ketones (excluding diaryl/α,β-unsaturated/α-hetero) is 1. The lowest BCUT2D eigenvalue weighted by molar-refractivity contribution is -0.114. The first-order valence-corrected chi connectivity index (χ1v) is 6.79. The Morgan fingerprint density at radius 3 is 2.52 bits per heavy atom. The van der Waals surface area contributed by atoms with E-state index in [1.165, 1.54) is 6.92 Å². The fraction of sp³-hybridized carbons (Fsp3) is 0.176. The van der Waals surface area contributed by atoms with E-state index in [0.29, 0.717) is 17.9 Å². The molecule has 1 aliphatic rings. The molecule has 0 aliphatic carbocycles. The normalized spacial score (nSPS) is 16.0. The lowest BCUT2D eigenvalue weighted by Crippen LogP contribution is -2.14. The van der Waals surface area contributed by atoms with Crippen LogP contribution in [0, 0.1) is 0 Å². The van der Waals surface area contributed by atoms with Gasteiger partial charge in [0, 0.05) is 23.7 Å². The minimum absolute atomic E-state index is 0.0364. The van der Waals surface area contributed by atoms with Gasteiger partial charge in [0.2, 0.25) is 5.91 Å². The van der Waals surface area contributed by atoms with E-state index in [1.807, 2.05) is 24.3 Å². The molecule has 106 valence electrons. The van der Waals surface area contributed by atoms with E-state index in [1.54, 1.807) is 24.3 Å². The van der Waals surface area contributed by atoms with Gasteiger partial charge in [0.05, 0.1) is 5.92 Å². The summed E-state index contributed by atoms with van der Waals surface area (Å²) in [6.07, 6.45) is 0. The predicted octanol–water partition coefficient (Wildman–Crippen LogP) is 3.00. The summed E-state index contributed by atoms with van der Waals surface area (Å²) in [6, 6.07) is 14.5. The molecule has 1 aliphatic heterocycles. The zero-order chi connectivity index (χ0) is 14.8. The van der Waals surface area contributed by atoms with E-state index >= 15 is 0 Å². The molecule has 21 heavy (non-hydrogen) atoms. The summed E-state index contributed by atoms with van der Waals surface area (Å²) in [7, 11) is 0. The van der Waals surface area contributed by atoms with Crippen molar-refractivity contribution in [1.82, 2.24) is 0 Å². The van der Waals surface area contributed by atoms with Crippen molar-refractivity contribution < 1.29 is 14.3 Å². The van der Waals surface area contributed by atoms with Gasteiger partial charge in [0.25, 0.3) is 0 Å². The number of ketones is 1. The summed E-state index contributed by atoms with van der Waals surface area (Å²) in [5.41, 5.74) is 2.24. The minimum Gasteiger partial charge on any atom is -0.492 e. The first kappa shape index (κ1) is 13.4. The highest BCUT2D eigenvalue weighted by molar-refractivity contribution is 6.02. The molecule has 2 aromatic carbocycles. The second-order valence-electron chi connectivity index (χ2n) is 5.02. The van der Waals surface area contributed by atoms with E-state index in [-0.39, 0.29) is 17.6 Å². The average molecular weight is 281 g/mol. The number of carbonyl (C=O) groups is 2. The van der Waals surface area contributed by atoms with Crippen LogP contribution in [0.4, 0.5) is 5.69 Å². The van der Waals surface area contributed by atoms with Crippen LogP contribution in [0.25, 0.3) is 0 Å². The molecule has 0 saturated heterocycles. The summed E-state index contributed by atoms with van der Waals surface area (Å²) >= 11 is 0. The Hall–Kier alpha value is -2.62. The summed E-state index contributed by atoms with van der Waals surface area (Å²) in [5, 5.41) is 2.68. The Morgan fingerprint density at radius 1 is 1.10 bits per heavy atom. The number of fused-ring (bicyclic) bond motifs is 1. The number of hydrogen-bond donors (Lipinski definition) is 1. The smallest absolute Gasteiger partial charge is 0.221 e. The molecule has 3 rings (SSSR count). The lowest BCUT2D eigenvalue weighted by Gasteiger charge is -2.09. The van der Waals surface area contributed by atoms with Gasteiger partial charge < -0.3 is 10.1 Å². The third kappa shape index (κ3) is 2.65. The number of ether oxygens (including phenoxy) is 1. The number of benzene rings is 2. The number of anilines is 1. The molecule has 0 fully saturated rings. The zero-order valence-corrected chi connectivity index (χ0v) is 11.6. The van der Waals surface area contributed by atoms with Crippen molar-refractivity contribution in [2.75, 3.05) is 11.9 Å². The van der Waals surface area contributed by atoms with E-state index in [0.717, 1.165) is 11.3 Å². The van der Waals surface area contributed by atoms with Crippen LogP contribution >= 0.6 is 0 Å². The molecule has 1 atom stereocenters. The van der Waals surface area contributed by atoms with Crippen LogP contribution in [0.1, 0.15) is 28.8 Å². The monoisotopic (exact) mass is 281 g/mol. The largest absolute Gasteiger partial charge is 0.492 e. The first-order chi connectivity index (χ1) is 10.1. The highest BCUT2D eigenvalue weighted by atomic mass is 16.5. The Morgan fingerprint density at radius 2 is 1.81 bits per heavy atom. The average Bonchev–Trinajstić information content (AvgIpc) is 2.90. The standard InChI is InChI=1S/C17H15NO3/c1-11(19)18-13-8-6-12(7-9-13)17(20)15-10-21-16-5-3-2-4-14(15)16/h2-9,15H,10H2,1H3,(H,18,19). The van der Waals surface area contributed by atoms with Gasteiger partial charge in [-0.3, -0.25) is 9.59 Å². The van der Waals surface area contributed by atoms with E-state index in [9.17, 15) is 9.59 Å². The van der Waals surface area contributed by atoms with Crippen molar-refractivity contribution in [1.29, 1.82) is 0 Å². The molecule has 0 spiro atoms. The van der Waals surface area contributed by atoms with Crippen LogP contribution in [0.3, 0.4) is 0 Å². The maximum absolute atomic E-state index is 12.6. The van der Waals surface area contributed by atoms with Gasteiger partial charge in [0.15, 0.2) is 5.78 Å². The molecule has 2 aromatic rings. The lowest BCUT2D eigenvalue weighted by atomic mass is 9.92. The number of rotatable bonds is 3. The van der Waals surface area contributed by atoms with Gasteiger partial charge in [-0.25, -0.2) is 0 Å². The second-order valence-corrected chi connectivity index (χ2v) is 5.02. The molecule has 1 amide bonds. The molecule has 1 heterocycles. The zero-order valence-electron chi connectivity index (χ0n) is 11.6. The fourth-order valence-corrected chi connectivity index (χ4v) is 2.50. The summed E-state index contributed by atoms with van der Waals surface area (Å²) in [6.45, 7) is 1.83. The van der Waals surface area contributed by atoms with Crippen molar-refractivity contribution >= 4 is 17.4 Å². The van der Waals surface area contributed by atoms with E-state index in [2.05, 4.69) is 5.32 Å². The Kier molecular flexibility index (Phi) is 3.44. The maximum atomic E-state index is 12.6. The Balaban J connectivity index is 1.82. The predicted molar refractivity (Wildman–Crippen MR) is 79.8 cm³/mol. The summed E-state index contributed by atoms with van der Waals surface area (Å²) in [5.74, 6) is 0.431. The molecule has 1 unspecified atom stereocenters. The topological polar surface area (TPSA) is 55.4 Å². The molecule has 0 saturated carbocycles. The van der Waals surface area contributed by atoms with Crippen LogP contribution in [0.5, 0.6) is 5.75 Å². The first-order valence-electron chi connectivity index (χ1n) is 6.79. The molecular formula is C17H15NO3. The van der Waals surface area contributed by atoms with E-state index < -0.39 is 0 Å². The van der Waals surface area contributed by atoms with Gasteiger partial charge >= 0.3 is 0 Å². The number of nitrogens with one attached hydrogen (secondary N) is 1. The van der Waals surface area contributed by atoms with Gasteiger partial charge in [0.1, 0.15) is 12.4 Å². The van der Waals surface area contributed by atoms with E-state index in [4.69, 9.17) is 4.74 Å². The molecule has 0 radical (unpaired) electrons. The fourth-order valence-electron chi connectivity index (χ4n) is 2.50. The van der Waals surface area contributed by atoms with Crippen LogP contribution < -0.4 is 10.1 Å². The number of carbonyl (C=O) groups excluding carboxylic acids is 2. The Bertz CT molecular complexity index is 691.